The van der Waals surface area contributed by atoms with Crippen LogP contribution in [0.2, 0.25) is 0 Å². The van der Waals surface area contributed by atoms with Crippen LogP contribution in [0.15, 0.2) is 53.0 Å². The maximum absolute atomic E-state index is 13.1. The molecule has 0 unspecified atom stereocenters. The number of amides is 1. The standard InChI is InChI=1S/C25H25N3O/c1-17-3-6-22(13-23(17)24-16-27-15-18(24)2)25(29)28-11-9-21(10-12-28)20-7-4-19(14-26)5-8-20/h3-8,13,15,21H,9-12,16H2,1-2H3. The monoisotopic (exact) mass is 383 g/mol. The van der Waals surface area contributed by atoms with Gasteiger partial charge < -0.3 is 4.90 Å². The molecule has 2 aliphatic heterocycles. The number of carbonyl (C=O) groups excluding carboxylic acids is 1. The maximum atomic E-state index is 13.1. The van der Waals surface area contributed by atoms with Crippen molar-refractivity contribution in [1.29, 1.82) is 5.26 Å². The van der Waals surface area contributed by atoms with Crippen molar-refractivity contribution in [3.8, 4) is 6.07 Å². The molecule has 4 nitrogen and oxygen atoms in total. The van der Waals surface area contributed by atoms with Gasteiger partial charge in [-0.15, -0.1) is 0 Å². The summed E-state index contributed by atoms with van der Waals surface area (Å²) >= 11 is 0. The van der Waals surface area contributed by atoms with Gasteiger partial charge in [0.25, 0.3) is 5.91 Å². The topological polar surface area (TPSA) is 56.5 Å². The predicted octanol–water partition coefficient (Wildman–Crippen LogP) is 4.74. The molecule has 0 atom stereocenters. The summed E-state index contributed by atoms with van der Waals surface area (Å²) in [5.41, 5.74) is 7.43. The quantitative estimate of drug-likeness (QED) is 0.768. The maximum Gasteiger partial charge on any atom is 0.253 e. The zero-order valence-electron chi connectivity index (χ0n) is 17.0. The van der Waals surface area contributed by atoms with Crippen molar-refractivity contribution in [3.63, 3.8) is 0 Å². The minimum Gasteiger partial charge on any atom is -0.339 e. The molecule has 29 heavy (non-hydrogen) atoms. The molecule has 4 heteroatoms. The number of rotatable bonds is 3. The number of allylic oxidation sites excluding steroid dienone is 1. The number of hydrogen-bond donors (Lipinski definition) is 0. The van der Waals surface area contributed by atoms with Gasteiger partial charge in [0.2, 0.25) is 0 Å². The summed E-state index contributed by atoms with van der Waals surface area (Å²) in [6.45, 7) is 6.38. The smallest absolute Gasteiger partial charge is 0.253 e. The van der Waals surface area contributed by atoms with Crippen LogP contribution in [-0.2, 0) is 0 Å². The summed E-state index contributed by atoms with van der Waals surface area (Å²) < 4.78 is 0. The number of benzene rings is 2. The Hall–Kier alpha value is -3.19. The fourth-order valence-electron chi connectivity index (χ4n) is 4.28. The van der Waals surface area contributed by atoms with Crippen molar-refractivity contribution in [3.05, 3.63) is 75.9 Å². The highest BCUT2D eigenvalue weighted by molar-refractivity contribution is 5.99. The fraction of sp³-hybridized carbons (Fsp3) is 0.320. The summed E-state index contributed by atoms with van der Waals surface area (Å²) in [7, 11) is 0. The number of piperidine rings is 1. The Morgan fingerprint density at radius 1 is 1.10 bits per heavy atom. The van der Waals surface area contributed by atoms with Crippen LogP contribution in [0.1, 0.15) is 58.3 Å². The molecule has 0 bridgehead atoms. The Kier molecular flexibility index (Phi) is 5.31. The Bertz CT molecular complexity index is 1030. The van der Waals surface area contributed by atoms with Crippen LogP contribution in [0.25, 0.3) is 5.57 Å². The van der Waals surface area contributed by atoms with Crippen LogP contribution >= 0.6 is 0 Å². The Labute approximate surface area is 172 Å². The first-order valence-electron chi connectivity index (χ1n) is 10.2. The van der Waals surface area contributed by atoms with E-state index >= 15 is 0 Å². The van der Waals surface area contributed by atoms with E-state index in [1.807, 2.05) is 53.6 Å². The van der Waals surface area contributed by atoms with E-state index in [9.17, 15) is 4.79 Å². The van der Waals surface area contributed by atoms with Gasteiger partial charge in [-0.25, -0.2) is 0 Å². The van der Waals surface area contributed by atoms with Gasteiger partial charge in [-0.2, -0.15) is 5.26 Å². The Morgan fingerprint density at radius 2 is 1.83 bits per heavy atom. The first kappa shape index (κ1) is 19.1. The van der Waals surface area contributed by atoms with Crippen LogP contribution in [0.5, 0.6) is 0 Å². The minimum atomic E-state index is 0.113. The first-order chi connectivity index (χ1) is 14.1. The van der Waals surface area contributed by atoms with Crippen molar-refractivity contribution < 1.29 is 4.79 Å². The van der Waals surface area contributed by atoms with E-state index in [-0.39, 0.29) is 5.91 Å². The van der Waals surface area contributed by atoms with Gasteiger partial charge in [0, 0.05) is 24.9 Å². The SMILES string of the molecule is CC1=C(c2cc(C(=O)N3CCC(c4ccc(C#N)cc4)CC3)ccc2C)CN=C1. The van der Waals surface area contributed by atoms with Crippen LogP contribution in [0.4, 0.5) is 0 Å². The van der Waals surface area contributed by atoms with E-state index in [1.54, 1.807) is 0 Å². The van der Waals surface area contributed by atoms with Gasteiger partial charge >= 0.3 is 0 Å². The highest BCUT2D eigenvalue weighted by Gasteiger charge is 2.25. The summed E-state index contributed by atoms with van der Waals surface area (Å²) in [6.07, 6.45) is 3.82. The molecule has 2 aliphatic rings. The molecule has 4 rings (SSSR count). The number of nitriles is 1. The summed E-state index contributed by atoms with van der Waals surface area (Å²) in [5, 5.41) is 8.96. The molecule has 0 spiro atoms. The van der Waals surface area contributed by atoms with E-state index < -0.39 is 0 Å². The number of hydrogen-bond acceptors (Lipinski definition) is 3. The summed E-state index contributed by atoms with van der Waals surface area (Å²) in [6, 6.07) is 16.0. The number of likely N-dealkylation sites (tertiary alicyclic amines) is 1. The van der Waals surface area contributed by atoms with Gasteiger partial charge in [-0.05, 0) is 84.7 Å². The second-order valence-corrected chi connectivity index (χ2v) is 7.96. The van der Waals surface area contributed by atoms with Gasteiger partial charge in [-0.1, -0.05) is 18.2 Å². The van der Waals surface area contributed by atoms with Crippen LogP contribution in [0.3, 0.4) is 0 Å². The molecule has 2 aromatic carbocycles. The fourth-order valence-corrected chi connectivity index (χ4v) is 4.28. The molecule has 1 saturated heterocycles. The average Bonchev–Trinajstić information content (AvgIpc) is 3.19. The normalized spacial score (nSPS) is 16.9. The number of aryl methyl sites for hydroxylation is 1. The second-order valence-electron chi connectivity index (χ2n) is 7.96. The summed E-state index contributed by atoms with van der Waals surface area (Å²) in [4.78, 5) is 19.5. The van der Waals surface area contributed by atoms with Crippen molar-refractivity contribution >= 4 is 17.7 Å². The van der Waals surface area contributed by atoms with Crippen LogP contribution in [-0.4, -0.2) is 36.7 Å². The lowest BCUT2D eigenvalue weighted by atomic mass is 9.88. The third-order valence-corrected chi connectivity index (χ3v) is 6.11. The molecule has 0 radical (unpaired) electrons. The molecule has 1 fully saturated rings. The molecular formula is C25H25N3O. The predicted molar refractivity (Wildman–Crippen MR) is 116 cm³/mol. The van der Waals surface area contributed by atoms with Crippen molar-refractivity contribution in [2.24, 2.45) is 4.99 Å². The van der Waals surface area contributed by atoms with Gasteiger partial charge in [-0.3, -0.25) is 9.79 Å². The lowest BCUT2D eigenvalue weighted by Crippen LogP contribution is -2.38. The molecule has 0 aromatic heterocycles. The van der Waals surface area contributed by atoms with Gasteiger partial charge in [0.1, 0.15) is 0 Å². The number of aliphatic imine (C=N–C) groups is 1. The zero-order chi connectivity index (χ0) is 20.4. The van der Waals surface area contributed by atoms with E-state index in [1.165, 1.54) is 22.3 Å². The molecule has 146 valence electrons. The highest BCUT2D eigenvalue weighted by atomic mass is 16.2. The first-order valence-corrected chi connectivity index (χ1v) is 10.2. The minimum absolute atomic E-state index is 0.113. The molecular weight excluding hydrogens is 358 g/mol. The third-order valence-electron chi connectivity index (χ3n) is 6.11. The zero-order valence-corrected chi connectivity index (χ0v) is 17.0. The van der Waals surface area contributed by atoms with E-state index in [2.05, 4.69) is 24.9 Å². The number of carbonyl (C=O) groups is 1. The van der Waals surface area contributed by atoms with Crippen molar-refractivity contribution in [1.82, 2.24) is 4.90 Å². The molecule has 2 aromatic rings. The molecule has 0 saturated carbocycles. The average molecular weight is 383 g/mol. The number of nitrogens with zero attached hydrogens (tertiary/aromatic N) is 3. The van der Waals surface area contributed by atoms with Gasteiger partial charge in [0.05, 0.1) is 18.2 Å². The summed E-state index contributed by atoms with van der Waals surface area (Å²) in [5.74, 6) is 0.561. The van der Waals surface area contributed by atoms with Crippen LogP contribution < -0.4 is 0 Å². The molecule has 0 aliphatic carbocycles. The molecule has 1 amide bonds. The lowest BCUT2D eigenvalue weighted by Gasteiger charge is -2.32. The Balaban J connectivity index is 1.46. The highest BCUT2D eigenvalue weighted by Crippen LogP contribution is 2.30. The second kappa shape index (κ2) is 8.05. The third kappa shape index (κ3) is 3.86. The van der Waals surface area contributed by atoms with Crippen LogP contribution in [0, 0.1) is 18.3 Å². The van der Waals surface area contributed by atoms with E-state index in [0.29, 0.717) is 18.0 Å². The van der Waals surface area contributed by atoms with Crippen molar-refractivity contribution in [2.75, 3.05) is 19.6 Å². The van der Waals surface area contributed by atoms with Gasteiger partial charge in [0.15, 0.2) is 0 Å². The molecule has 2 heterocycles. The molecule has 0 N–H and O–H groups in total. The van der Waals surface area contributed by atoms with E-state index in [4.69, 9.17) is 5.26 Å². The lowest BCUT2D eigenvalue weighted by molar-refractivity contribution is 0.0713. The Morgan fingerprint density at radius 3 is 2.45 bits per heavy atom. The largest absolute Gasteiger partial charge is 0.339 e. The van der Waals surface area contributed by atoms with E-state index in [0.717, 1.165) is 37.1 Å². The van der Waals surface area contributed by atoms with Crippen molar-refractivity contribution in [2.45, 2.75) is 32.6 Å².